The summed E-state index contributed by atoms with van der Waals surface area (Å²) in [5, 5.41) is 13.2. The molecule has 6 nitrogen and oxygen atoms in total. The van der Waals surface area contributed by atoms with Crippen LogP contribution in [0.25, 0.3) is 11.3 Å². The average molecular weight is 271 g/mol. The third-order valence-corrected chi connectivity index (χ3v) is 3.53. The first-order chi connectivity index (χ1) is 9.83. The number of carbonyl (C=O) groups excluding carboxylic acids is 1. The summed E-state index contributed by atoms with van der Waals surface area (Å²) < 4.78 is 0. The predicted octanol–water partition coefficient (Wildman–Crippen LogP) is 1.41. The number of hydrogen-bond acceptors (Lipinski definition) is 4. The number of piperidine rings is 1. The van der Waals surface area contributed by atoms with Gasteiger partial charge in [-0.05, 0) is 38.1 Å². The van der Waals surface area contributed by atoms with Gasteiger partial charge in [0, 0.05) is 29.9 Å². The summed E-state index contributed by atoms with van der Waals surface area (Å²) in [4.78, 5) is 16.1. The lowest BCUT2D eigenvalue weighted by Crippen LogP contribution is -2.34. The van der Waals surface area contributed by atoms with E-state index in [9.17, 15) is 4.79 Å². The highest BCUT2D eigenvalue weighted by Crippen LogP contribution is 2.20. The van der Waals surface area contributed by atoms with E-state index in [1.165, 1.54) is 0 Å². The number of anilines is 1. The van der Waals surface area contributed by atoms with Crippen molar-refractivity contribution in [2.45, 2.75) is 12.8 Å². The van der Waals surface area contributed by atoms with Crippen LogP contribution in [-0.4, -0.2) is 34.2 Å². The van der Waals surface area contributed by atoms with Crippen LogP contribution in [0.15, 0.2) is 30.6 Å². The largest absolute Gasteiger partial charge is 0.317 e. The molecular formula is C14H17N5O. The third kappa shape index (κ3) is 2.85. The first-order valence-electron chi connectivity index (χ1n) is 6.80. The van der Waals surface area contributed by atoms with E-state index in [0.29, 0.717) is 5.82 Å². The molecule has 2 aromatic heterocycles. The van der Waals surface area contributed by atoms with Gasteiger partial charge in [0.15, 0.2) is 5.82 Å². The minimum atomic E-state index is 0.0549. The number of hydrogen-bond donors (Lipinski definition) is 3. The van der Waals surface area contributed by atoms with Crippen molar-refractivity contribution < 1.29 is 4.79 Å². The molecule has 0 spiro atoms. The van der Waals surface area contributed by atoms with Crippen molar-refractivity contribution in [3.8, 4) is 11.3 Å². The summed E-state index contributed by atoms with van der Waals surface area (Å²) >= 11 is 0. The molecule has 1 amide bonds. The van der Waals surface area contributed by atoms with E-state index in [1.54, 1.807) is 12.4 Å². The normalized spacial score (nSPS) is 16.0. The van der Waals surface area contributed by atoms with Crippen LogP contribution in [-0.2, 0) is 4.79 Å². The Hall–Kier alpha value is -2.21. The maximum absolute atomic E-state index is 12.1. The SMILES string of the molecule is O=C(Nc1cc(-c2ccncc2)[nH]n1)C1CCNCC1. The molecule has 0 bridgehead atoms. The quantitative estimate of drug-likeness (QED) is 0.788. The number of aromatic nitrogens is 3. The lowest BCUT2D eigenvalue weighted by Gasteiger charge is -2.21. The van der Waals surface area contributed by atoms with Crippen LogP contribution in [0.1, 0.15) is 12.8 Å². The van der Waals surface area contributed by atoms with Gasteiger partial charge in [0.2, 0.25) is 5.91 Å². The van der Waals surface area contributed by atoms with Crippen molar-refractivity contribution in [1.29, 1.82) is 0 Å². The van der Waals surface area contributed by atoms with Gasteiger partial charge in [-0.2, -0.15) is 5.10 Å². The van der Waals surface area contributed by atoms with Crippen molar-refractivity contribution in [3.05, 3.63) is 30.6 Å². The van der Waals surface area contributed by atoms with E-state index >= 15 is 0 Å². The zero-order valence-corrected chi connectivity index (χ0v) is 11.1. The molecule has 1 aliphatic rings. The van der Waals surface area contributed by atoms with E-state index < -0.39 is 0 Å². The van der Waals surface area contributed by atoms with Crippen LogP contribution in [0.3, 0.4) is 0 Å². The Kier molecular flexibility index (Phi) is 3.73. The maximum Gasteiger partial charge on any atom is 0.228 e. The second kappa shape index (κ2) is 5.83. The van der Waals surface area contributed by atoms with Crippen molar-refractivity contribution in [3.63, 3.8) is 0 Å². The average Bonchev–Trinajstić information content (AvgIpc) is 2.97. The molecule has 0 atom stereocenters. The molecule has 0 aromatic carbocycles. The molecule has 0 radical (unpaired) electrons. The highest BCUT2D eigenvalue weighted by molar-refractivity contribution is 5.92. The van der Waals surface area contributed by atoms with Gasteiger partial charge in [0.25, 0.3) is 0 Å². The molecule has 20 heavy (non-hydrogen) atoms. The Morgan fingerprint density at radius 1 is 1.25 bits per heavy atom. The van der Waals surface area contributed by atoms with Crippen LogP contribution in [0.4, 0.5) is 5.82 Å². The Labute approximate surface area is 117 Å². The van der Waals surface area contributed by atoms with Gasteiger partial charge in [-0.3, -0.25) is 14.9 Å². The summed E-state index contributed by atoms with van der Waals surface area (Å²) in [6.45, 7) is 1.81. The third-order valence-electron chi connectivity index (χ3n) is 3.53. The standard InChI is InChI=1S/C14H17N5O/c20-14(11-3-7-16-8-4-11)17-13-9-12(18-19-13)10-1-5-15-6-2-10/h1-2,5-6,9,11,16H,3-4,7-8H2,(H2,17,18,19,20). The first kappa shape index (κ1) is 12.8. The van der Waals surface area contributed by atoms with Gasteiger partial charge in [-0.25, -0.2) is 0 Å². The second-order valence-electron chi connectivity index (χ2n) is 4.92. The minimum absolute atomic E-state index is 0.0549. The molecule has 1 saturated heterocycles. The highest BCUT2D eigenvalue weighted by atomic mass is 16.2. The fourth-order valence-electron chi connectivity index (χ4n) is 2.38. The van der Waals surface area contributed by atoms with Crippen LogP contribution in [0, 0.1) is 5.92 Å². The van der Waals surface area contributed by atoms with Crippen molar-refractivity contribution in [2.24, 2.45) is 5.92 Å². The van der Waals surface area contributed by atoms with Crippen molar-refractivity contribution >= 4 is 11.7 Å². The number of nitrogens with one attached hydrogen (secondary N) is 3. The molecule has 1 aliphatic heterocycles. The summed E-state index contributed by atoms with van der Waals surface area (Å²) in [5.41, 5.74) is 1.86. The predicted molar refractivity (Wildman–Crippen MR) is 76.0 cm³/mol. The van der Waals surface area contributed by atoms with E-state index in [0.717, 1.165) is 37.2 Å². The van der Waals surface area contributed by atoms with Gasteiger partial charge in [0.05, 0.1) is 5.69 Å². The Balaban J connectivity index is 1.66. The number of nitrogens with zero attached hydrogens (tertiary/aromatic N) is 2. The first-order valence-corrected chi connectivity index (χ1v) is 6.80. The zero-order chi connectivity index (χ0) is 13.8. The van der Waals surface area contributed by atoms with Crippen LogP contribution >= 0.6 is 0 Å². The maximum atomic E-state index is 12.1. The van der Waals surface area contributed by atoms with Gasteiger partial charge < -0.3 is 10.6 Å². The summed E-state index contributed by atoms with van der Waals surface area (Å²) in [5.74, 6) is 0.706. The second-order valence-corrected chi connectivity index (χ2v) is 4.92. The van der Waals surface area contributed by atoms with Gasteiger partial charge in [-0.1, -0.05) is 0 Å². The zero-order valence-electron chi connectivity index (χ0n) is 11.1. The molecule has 6 heteroatoms. The molecule has 0 unspecified atom stereocenters. The fourth-order valence-corrected chi connectivity index (χ4v) is 2.38. The monoisotopic (exact) mass is 271 g/mol. The minimum Gasteiger partial charge on any atom is -0.317 e. The van der Waals surface area contributed by atoms with Crippen LogP contribution < -0.4 is 10.6 Å². The highest BCUT2D eigenvalue weighted by Gasteiger charge is 2.21. The Bertz CT molecular complexity index is 574. The number of carbonyl (C=O) groups is 1. The van der Waals surface area contributed by atoms with E-state index in [4.69, 9.17) is 0 Å². The van der Waals surface area contributed by atoms with Crippen molar-refractivity contribution in [1.82, 2.24) is 20.5 Å². The molecule has 0 saturated carbocycles. The lowest BCUT2D eigenvalue weighted by atomic mass is 9.97. The Morgan fingerprint density at radius 2 is 2.00 bits per heavy atom. The smallest absolute Gasteiger partial charge is 0.228 e. The van der Waals surface area contributed by atoms with Crippen LogP contribution in [0.5, 0.6) is 0 Å². The number of H-pyrrole nitrogens is 1. The Morgan fingerprint density at radius 3 is 2.75 bits per heavy atom. The lowest BCUT2D eigenvalue weighted by molar-refractivity contribution is -0.120. The molecule has 3 N–H and O–H groups in total. The van der Waals surface area contributed by atoms with E-state index in [1.807, 2.05) is 18.2 Å². The molecule has 104 valence electrons. The van der Waals surface area contributed by atoms with Crippen molar-refractivity contribution in [2.75, 3.05) is 18.4 Å². The molecule has 3 heterocycles. The topological polar surface area (TPSA) is 82.7 Å². The summed E-state index contributed by atoms with van der Waals surface area (Å²) in [7, 11) is 0. The van der Waals surface area contributed by atoms with Gasteiger partial charge >= 0.3 is 0 Å². The van der Waals surface area contributed by atoms with E-state index in [2.05, 4.69) is 25.8 Å². The molecule has 2 aromatic rings. The van der Waals surface area contributed by atoms with Gasteiger partial charge in [-0.15, -0.1) is 0 Å². The number of pyridine rings is 1. The van der Waals surface area contributed by atoms with Gasteiger partial charge in [0.1, 0.15) is 0 Å². The molecule has 3 rings (SSSR count). The number of amides is 1. The molecule has 0 aliphatic carbocycles. The molecular weight excluding hydrogens is 254 g/mol. The number of aromatic amines is 1. The van der Waals surface area contributed by atoms with Crippen LogP contribution in [0.2, 0.25) is 0 Å². The summed E-state index contributed by atoms with van der Waals surface area (Å²) in [6.07, 6.45) is 5.22. The molecule has 1 fully saturated rings. The van der Waals surface area contributed by atoms with E-state index in [-0.39, 0.29) is 11.8 Å². The fraction of sp³-hybridized carbons (Fsp3) is 0.357. The number of rotatable bonds is 3. The summed E-state index contributed by atoms with van der Waals surface area (Å²) in [6, 6.07) is 5.63.